The van der Waals surface area contributed by atoms with Crippen LogP contribution in [0, 0.1) is 6.92 Å². The van der Waals surface area contributed by atoms with Crippen molar-refractivity contribution in [3.8, 4) is 0 Å². The van der Waals surface area contributed by atoms with Crippen LogP contribution < -0.4 is 5.32 Å². The third-order valence-electron chi connectivity index (χ3n) is 5.54. The number of hydrogen-bond acceptors (Lipinski definition) is 5. The molecule has 3 rings (SSSR count). The molecule has 0 aromatic heterocycles. The first kappa shape index (κ1) is 23.4. The minimum Gasteiger partial charge on any atom is -0.346 e. The zero-order chi connectivity index (χ0) is 22.8. The van der Waals surface area contributed by atoms with Crippen LogP contribution in [-0.2, 0) is 19.9 Å². The molecule has 0 aliphatic carbocycles. The first-order chi connectivity index (χ1) is 14.5. The number of piperidine rings is 1. The maximum atomic E-state index is 13.1. The number of aryl methyl sites for hydroxylation is 1. The summed E-state index contributed by atoms with van der Waals surface area (Å²) in [4.78, 5) is 13.2. The van der Waals surface area contributed by atoms with Gasteiger partial charge in [0.15, 0.2) is 9.84 Å². The van der Waals surface area contributed by atoms with Crippen molar-refractivity contribution in [1.82, 2.24) is 9.62 Å². The number of rotatable bonds is 6. The quantitative estimate of drug-likeness (QED) is 0.708. The summed E-state index contributed by atoms with van der Waals surface area (Å²) >= 11 is 0. The second kappa shape index (κ2) is 9.10. The summed E-state index contributed by atoms with van der Waals surface area (Å²) in [6.45, 7) is 4.51. The molecule has 1 atom stereocenters. The lowest BCUT2D eigenvalue weighted by Crippen LogP contribution is -2.36. The largest absolute Gasteiger partial charge is 0.346 e. The zero-order valence-electron chi connectivity index (χ0n) is 18.0. The van der Waals surface area contributed by atoms with Gasteiger partial charge in [0.25, 0.3) is 5.91 Å². The van der Waals surface area contributed by atoms with Crippen LogP contribution in [0.5, 0.6) is 0 Å². The van der Waals surface area contributed by atoms with Gasteiger partial charge in [0.05, 0.1) is 15.8 Å². The number of sulfone groups is 1. The lowest BCUT2D eigenvalue weighted by Gasteiger charge is -2.26. The van der Waals surface area contributed by atoms with Crippen LogP contribution in [0.25, 0.3) is 0 Å². The Hall–Kier alpha value is -2.23. The molecule has 0 unspecified atom stereocenters. The van der Waals surface area contributed by atoms with Gasteiger partial charge in [-0.3, -0.25) is 4.79 Å². The summed E-state index contributed by atoms with van der Waals surface area (Å²) in [6, 6.07) is 10.6. The molecular weight excluding hydrogens is 436 g/mol. The Balaban J connectivity index is 1.80. The number of hydrogen-bond donors (Lipinski definition) is 1. The van der Waals surface area contributed by atoms with Gasteiger partial charge in [-0.15, -0.1) is 0 Å². The van der Waals surface area contributed by atoms with E-state index in [1.54, 1.807) is 38.1 Å². The molecule has 7 nitrogen and oxygen atoms in total. The fraction of sp³-hybridized carbons (Fsp3) is 0.409. The topological polar surface area (TPSA) is 101 Å². The summed E-state index contributed by atoms with van der Waals surface area (Å²) in [5.74, 6) is -0.394. The molecule has 1 aliphatic rings. The molecule has 2 aromatic rings. The molecule has 0 saturated carbocycles. The standard InChI is InChI=1S/C22H28N2O5S2/c1-16-7-8-19(15-21(16)31(28,29)24-13-5-4-6-14-24)22(25)23-17(2)18-9-11-20(12-10-18)30(3,26)27/h7-12,15,17H,4-6,13-14H2,1-3H3,(H,23,25)/t17-/m0/s1. The number of carbonyl (C=O) groups is 1. The summed E-state index contributed by atoms with van der Waals surface area (Å²) in [6.07, 6.45) is 3.85. The van der Waals surface area contributed by atoms with E-state index < -0.39 is 25.8 Å². The molecule has 1 amide bonds. The maximum Gasteiger partial charge on any atom is 0.251 e. The first-order valence-corrected chi connectivity index (χ1v) is 13.5. The molecule has 0 spiro atoms. The SMILES string of the molecule is Cc1ccc(C(=O)N[C@@H](C)c2ccc(S(C)(=O)=O)cc2)cc1S(=O)(=O)N1CCCCC1. The van der Waals surface area contributed by atoms with Crippen LogP contribution in [0.4, 0.5) is 0 Å². The van der Waals surface area contributed by atoms with Crippen molar-refractivity contribution in [2.45, 2.75) is 48.9 Å². The fourth-order valence-corrected chi connectivity index (χ4v) is 6.03. The second-order valence-electron chi connectivity index (χ2n) is 7.98. The van der Waals surface area contributed by atoms with Crippen LogP contribution >= 0.6 is 0 Å². The first-order valence-electron chi connectivity index (χ1n) is 10.2. The van der Waals surface area contributed by atoms with Crippen LogP contribution in [0.3, 0.4) is 0 Å². The van der Waals surface area contributed by atoms with Crippen molar-refractivity contribution in [1.29, 1.82) is 0 Å². The molecule has 0 radical (unpaired) electrons. The van der Waals surface area contributed by atoms with Crippen molar-refractivity contribution in [3.05, 3.63) is 59.2 Å². The van der Waals surface area contributed by atoms with Crippen molar-refractivity contribution in [2.75, 3.05) is 19.3 Å². The fourth-order valence-electron chi connectivity index (χ4n) is 3.63. The van der Waals surface area contributed by atoms with Crippen molar-refractivity contribution < 1.29 is 21.6 Å². The average Bonchev–Trinajstić information content (AvgIpc) is 2.74. The van der Waals surface area contributed by atoms with Crippen LogP contribution in [-0.4, -0.2) is 46.4 Å². The smallest absolute Gasteiger partial charge is 0.251 e. The summed E-state index contributed by atoms with van der Waals surface area (Å²) < 4.78 is 50.9. The summed E-state index contributed by atoms with van der Waals surface area (Å²) in [5.41, 5.74) is 1.61. The molecule has 31 heavy (non-hydrogen) atoms. The normalized spacial score (nSPS) is 16.6. The minimum atomic E-state index is -3.65. The molecule has 9 heteroatoms. The van der Waals surface area contributed by atoms with Crippen LogP contribution in [0.15, 0.2) is 52.3 Å². The molecule has 0 bridgehead atoms. The lowest BCUT2D eigenvalue weighted by atomic mass is 10.1. The van der Waals surface area contributed by atoms with E-state index in [0.29, 0.717) is 18.7 Å². The van der Waals surface area contributed by atoms with Crippen LogP contribution in [0.1, 0.15) is 53.7 Å². The number of amides is 1. The summed E-state index contributed by atoms with van der Waals surface area (Å²) in [5, 5.41) is 2.85. The monoisotopic (exact) mass is 464 g/mol. The zero-order valence-corrected chi connectivity index (χ0v) is 19.6. The number of benzene rings is 2. The van der Waals surface area contributed by atoms with Gasteiger partial charge in [-0.25, -0.2) is 16.8 Å². The number of carbonyl (C=O) groups excluding carboxylic acids is 1. The average molecular weight is 465 g/mol. The molecular formula is C22H28N2O5S2. The Kier molecular flexibility index (Phi) is 6.88. The van der Waals surface area contributed by atoms with Crippen molar-refractivity contribution >= 4 is 25.8 Å². The Bertz CT molecular complexity index is 1170. The number of sulfonamides is 1. The van der Waals surface area contributed by atoms with Gasteiger partial charge in [-0.2, -0.15) is 4.31 Å². The molecule has 1 N–H and O–H groups in total. The van der Waals surface area contributed by atoms with E-state index in [-0.39, 0.29) is 21.4 Å². The van der Waals surface area contributed by atoms with E-state index >= 15 is 0 Å². The van der Waals surface area contributed by atoms with Gasteiger partial charge >= 0.3 is 0 Å². The van der Waals surface area contributed by atoms with Gasteiger partial charge in [0.2, 0.25) is 10.0 Å². The minimum absolute atomic E-state index is 0.159. The maximum absolute atomic E-state index is 13.1. The number of nitrogens with one attached hydrogen (secondary N) is 1. The van der Waals surface area contributed by atoms with E-state index in [4.69, 9.17) is 0 Å². The molecule has 1 heterocycles. The lowest BCUT2D eigenvalue weighted by molar-refractivity contribution is 0.0939. The van der Waals surface area contributed by atoms with E-state index in [2.05, 4.69) is 5.32 Å². The highest BCUT2D eigenvalue weighted by Crippen LogP contribution is 2.25. The molecule has 2 aromatic carbocycles. The molecule has 168 valence electrons. The predicted molar refractivity (Wildman–Crippen MR) is 119 cm³/mol. The summed E-state index contributed by atoms with van der Waals surface area (Å²) in [7, 11) is -6.94. The number of nitrogens with zero attached hydrogens (tertiary/aromatic N) is 1. The molecule has 1 fully saturated rings. The van der Waals surface area contributed by atoms with Gasteiger partial charge in [0, 0.05) is 24.9 Å². The predicted octanol–water partition coefficient (Wildman–Crippen LogP) is 3.06. The van der Waals surface area contributed by atoms with E-state index in [0.717, 1.165) is 31.1 Å². The Labute approximate surface area is 184 Å². The third-order valence-corrected chi connectivity index (χ3v) is 8.71. The highest BCUT2D eigenvalue weighted by Gasteiger charge is 2.28. The van der Waals surface area contributed by atoms with Gasteiger partial charge < -0.3 is 5.32 Å². The molecule has 1 aliphatic heterocycles. The van der Waals surface area contributed by atoms with Gasteiger partial charge in [-0.1, -0.05) is 24.6 Å². The highest BCUT2D eigenvalue weighted by atomic mass is 32.2. The van der Waals surface area contributed by atoms with Gasteiger partial charge in [-0.05, 0) is 62.1 Å². The van der Waals surface area contributed by atoms with Crippen molar-refractivity contribution in [3.63, 3.8) is 0 Å². The second-order valence-corrected chi connectivity index (χ2v) is 11.9. The third kappa shape index (κ3) is 5.34. The van der Waals surface area contributed by atoms with Crippen molar-refractivity contribution in [2.24, 2.45) is 0 Å². The Morgan fingerprint density at radius 2 is 1.58 bits per heavy atom. The highest BCUT2D eigenvalue weighted by molar-refractivity contribution is 7.90. The van der Waals surface area contributed by atoms with E-state index in [1.165, 1.54) is 22.5 Å². The Morgan fingerprint density at radius 1 is 0.968 bits per heavy atom. The van der Waals surface area contributed by atoms with Gasteiger partial charge in [0.1, 0.15) is 0 Å². The molecule has 1 saturated heterocycles. The Morgan fingerprint density at radius 3 is 2.16 bits per heavy atom. The van der Waals surface area contributed by atoms with E-state index in [1.807, 2.05) is 0 Å². The van der Waals surface area contributed by atoms with E-state index in [9.17, 15) is 21.6 Å². The van der Waals surface area contributed by atoms with Crippen LogP contribution in [0.2, 0.25) is 0 Å².